The smallest absolute Gasteiger partial charge is 0.276 e. The average molecular weight is 302 g/mol. The van der Waals surface area contributed by atoms with E-state index in [1.54, 1.807) is 30.3 Å². The van der Waals surface area contributed by atoms with Crippen molar-refractivity contribution in [3.05, 3.63) is 65.5 Å². The first-order valence-corrected chi connectivity index (χ1v) is 6.67. The lowest BCUT2D eigenvalue weighted by Crippen LogP contribution is -2.29. The monoisotopic (exact) mass is 302 g/mol. The van der Waals surface area contributed by atoms with Crippen LogP contribution in [0.15, 0.2) is 52.8 Å². The maximum atomic E-state index is 13.2. The van der Waals surface area contributed by atoms with Crippen LogP contribution in [0.3, 0.4) is 0 Å². The van der Waals surface area contributed by atoms with Gasteiger partial charge in [-0.2, -0.15) is 0 Å². The van der Waals surface area contributed by atoms with E-state index >= 15 is 0 Å². The number of nitrogens with one attached hydrogen (secondary N) is 1. The number of carbonyl (C=O) groups excluding carboxylic acids is 1. The van der Waals surface area contributed by atoms with Crippen LogP contribution in [0.5, 0.6) is 0 Å². The van der Waals surface area contributed by atoms with Crippen molar-refractivity contribution in [2.45, 2.75) is 6.54 Å². The maximum Gasteiger partial charge on any atom is 0.276 e. The molecule has 21 heavy (non-hydrogen) atoms. The fraction of sp³-hybridized carbons (Fsp3) is 0.0667. The molecule has 4 nitrogen and oxygen atoms in total. The van der Waals surface area contributed by atoms with Crippen molar-refractivity contribution in [1.82, 2.24) is 10.2 Å². The summed E-state index contributed by atoms with van der Waals surface area (Å²) in [5.74, 6) is 0.0185. The minimum atomic E-state index is -0.357. The molecule has 0 aliphatic carbocycles. The first-order chi connectivity index (χ1) is 10.1. The quantitative estimate of drug-likeness (QED) is 0.699. The predicted molar refractivity (Wildman–Crippen MR) is 79.4 cm³/mol. The third kappa shape index (κ3) is 2.85. The highest BCUT2D eigenvalue weighted by Gasteiger charge is 2.31. The Morgan fingerprint density at radius 3 is 2.90 bits per heavy atom. The van der Waals surface area contributed by atoms with Crippen molar-refractivity contribution >= 4 is 29.3 Å². The van der Waals surface area contributed by atoms with Crippen LogP contribution >= 0.6 is 12.2 Å². The zero-order chi connectivity index (χ0) is 14.8. The van der Waals surface area contributed by atoms with Crippen LogP contribution in [0.1, 0.15) is 11.3 Å². The normalized spacial score (nSPS) is 16.6. The molecule has 1 aliphatic heterocycles. The van der Waals surface area contributed by atoms with Gasteiger partial charge in [-0.05, 0) is 48.1 Å². The summed E-state index contributed by atoms with van der Waals surface area (Å²) in [6, 6.07) is 9.50. The lowest BCUT2D eigenvalue weighted by atomic mass is 10.2. The molecule has 3 rings (SSSR count). The van der Waals surface area contributed by atoms with Crippen LogP contribution < -0.4 is 5.32 Å². The second-order valence-electron chi connectivity index (χ2n) is 4.51. The molecule has 0 spiro atoms. The molecular weight excluding hydrogens is 291 g/mol. The highest BCUT2D eigenvalue weighted by Crippen LogP contribution is 2.17. The molecule has 2 aromatic rings. The molecule has 1 N–H and O–H groups in total. The highest BCUT2D eigenvalue weighted by atomic mass is 32.1. The molecule has 0 atom stereocenters. The van der Waals surface area contributed by atoms with Crippen molar-refractivity contribution in [2.24, 2.45) is 0 Å². The van der Waals surface area contributed by atoms with E-state index in [0.717, 1.165) is 0 Å². The van der Waals surface area contributed by atoms with Crippen LogP contribution in [-0.2, 0) is 11.3 Å². The third-order valence-electron chi connectivity index (χ3n) is 3.02. The molecule has 1 aromatic carbocycles. The van der Waals surface area contributed by atoms with Crippen molar-refractivity contribution in [3.63, 3.8) is 0 Å². The lowest BCUT2D eigenvalue weighted by molar-refractivity contribution is -0.122. The van der Waals surface area contributed by atoms with Gasteiger partial charge in [0.1, 0.15) is 17.3 Å². The fourth-order valence-corrected chi connectivity index (χ4v) is 2.29. The van der Waals surface area contributed by atoms with E-state index in [9.17, 15) is 9.18 Å². The average Bonchev–Trinajstić information content (AvgIpc) is 3.04. The predicted octanol–water partition coefficient (Wildman–Crippen LogP) is 2.68. The van der Waals surface area contributed by atoms with E-state index in [1.807, 2.05) is 0 Å². The molecule has 6 heteroatoms. The molecular formula is C15H11FN2O2S. The summed E-state index contributed by atoms with van der Waals surface area (Å²) in [6.07, 6.45) is 3.11. The zero-order valence-electron chi connectivity index (χ0n) is 10.9. The first kappa shape index (κ1) is 13.5. The summed E-state index contributed by atoms with van der Waals surface area (Å²) in [5, 5.41) is 3.14. The van der Waals surface area contributed by atoms with Gasteiger partial charge in [-0.1, -0.05) is 12.1 Å². The SMILES string of the molecule is O=C1/C(=C/c2cccc(F)c2)NC(=S)N1Cc1ccco1. The molecule has 1 saturated heterocycles. The third-order valence-corrected chi connectivity index (χ3v) is 3.34. The summed E-state index contributed by atoms with van der Waals surface area (Å²) < 4.78 is 18.4. The number of thiocarbonyl (C=S) groups is 1. The van der Waals surface area contributed by atoms with Crippen molar-refractivity contribution in [3.8, 4) is 0 Å². The molecule has 0 saturated carbocycles. The van der Waals surface area contributed by atoms with Gasteiger partial charge in [0.05, 0.1) is 12.8 Å². The van der Waals surface area contributed by atoms with E-state index in [-0.39, 0.29) is 18.3 Å². The van der Waals surface area contributed by atoms with Gasteiger partial charge in [0.25, 0.3) is 5.91 Å². The molecule has 106 valence electrons. The van der Waals surface area contributed by atoms with Crippen LogP contribution in [-0.4, -0.2) is 15.9 Å². The van der Waals surface area contributed by atoms with E-state index in [1.165, 1.54) is 23.3 Å². The van der Waals surface area contributed by atoms with E-state index in [2.05, 4.69) is 5.32 Å². The number of hydrogen-bond acceptors (Lipinski definition) is 3. The number of rotatable bonds is 3. The van der Waals surface area contributed by atoms with Crippen LogP contribution in [0.25, 0.3) is 6.08 Å². The number of nitrogens with zero attached hydrogens (tertiary/aromatic N) is 1. The molecule has 1 amide bonds. The summed E-state index contributed by atoms with van der Waals surface area (Å²) >= 11 is 5.15. The Morgan fingerprint density at radius 1 is 1.33 bits per heavy atom. The Kier molecular flexibility index (Phi) is 3.53. The van der Waals surface area contributed by atoms with Gasteiger partial charge in [0.15, 0.2) is 5.11 Å². The van der Waals surface area contributed by atoms with Gasteiger partial charge >= 0.3 is 0 Å². The number of amides is 1. The van der Waals surface area contributed by atoms with E-state index < -0.39 is 0 Å². The van der Waals surface area contributed by atoms with Gasteiger partial charge in [-0.15, -0.1) is 0 Å². The Bertz CT molecular complexity index is 725. The Morgan fingerprint density at radius 2 is 2.19 bits per heavy atom. The minimum Gasteiger partial charge on any atom is -0.467 e. The zero-order valence-corrected chi connectivity index (χ0v) is 11.7. The molecule has 1 aromatic heterocycles. The van der Waals surface area contributed by atoms with Crippen molar-refractivity contribution in [2.75, 3.05) is 0 Å². The summed E-state index contributed by atoms with van der Waals surface area (Å²) in [5.41, 5.74) is 0.908. The van der Waals surface area contributed by atoms with Crippen molar-refractivity contribution < 1.29 is 13.6 Å². The number of carbonyl (C=O) groups is 1. The van der Waals surface area contributed by atoms with Gasteiger partial charge in [-0.3, -0.25) is 9.69 Å². The summed E-state index contributed by atoms with van der Waals surface area (Å²) in [7, 11) is 0. The van der Waals surface area contributed by atoms with Gasteiger partial charge < -0.3 is 9.73 Å². The molecule has 1 aliphatic rings. The molecule has 2 heterocycles. The second-order valence-corrected chi connectivity index (χ2v) is 4.90. The Hall–Kier alpha value is -2.47. The highest BCUT2D eigenvalue weighted by molar-refractivity contribution is 7.80. The second kappa shape index (κ2) is 5.49. The number of benzene rings is 1. The number of hydrogen-bond donors (Lipinski definition) is 1. The molecule has 0 bridgehead atoms. The number of furan rings is 1. The van der Waals surface area contributed by atoms with Crippen LogP contribution in [0, 0.1) is 5.82 Å². The Balaban J connectivity index is 1.83. The van der Waals surface area contributed by atoms with Crippen LogP contribution in [0.4, 0.5) is 4.39 Å². The topological polar surface area (TPSA) is 45.5 Å². The van der Waals surface area contributed by atoms with Gasteiger partial charge in [0, 0.05) is 0 Å². The van der Waals surface area contributed by atoms with Gasteiger partial charge in [0.2, 0.25) is 0 Å². The Labute approximate surface area is 125 Å². The number of halogens is 1. The lowest BCUT2D eigenvalue weighted by Gasteiger charge is -2.11. The standard InChI is InChI=1S/C15H11FN2O2S/c16-11-4-1-3-10(7-11)8-13-14(19)18(15(21)17-13)9-12-5-2-6-20-12/h1-8H,9H2,(H,17,21)/b13-8-. The maximum absolute atomic E-state index is 13.2. The molecule has 1 fully saturated rings. The van der Waals surface area contributed by atoms with Crippen molar-refractivity contribution in [1.29, 1.82) is 0 Å². The van der Waals surface area contributed by atoms with Crippen LogP contribution in [0.2, 0.25) is 0 Å². The first-order valence-electron chi connectivity index (χ1n) is 6.26. The largest absolute Gasteiger partial charge is 0.467 e. The fourth-order valence-electron chi connectivity index (χ4n) is 2.04. The van der Waals surface area contributed by atoms with Gasteiger partial charge in [-0.25, -0.2) is 4.39 Å². The summed E-state index contributed by atoms with van der Waals surface area (Å²) in [4.78, 5) is 13.7. The van der Waals surface area contributed by atoms with E-state index in [4.69, 9.17) is 16.6 Å². The van der Waals surface area contributed by atoms with E-state index in [0.29, 0.717) is 22.1 Å². The minimum absolute atomic E-state index is 0.262. The molecule has 0 unspecified atom stereocenters. The molecule has 0 radical (unpaired) electrons. The summed E-state index contributed by atoms with van der Waals surface area (Å²) in [6.45, 7) is 0.262.